The Bertz CT molecular complexity index is 580. The first-order valence-electron chi connectivity index (χ1n) is 6.15. The van der Waals surface area contributed by atoms with Crippen molar-refractivity contribution in [3.8, 4) is 0 Å². The maximum Gasteiger partial charge on any atom is 0.335 e. The summed E-state index contributed by atoms with van der Waals surface area (Å²) in [4.78, 5) is 10.8. The van der Waals surface area contributed by atoms with Crippen molar-refractivity contribution in [2.24, 2.45) is 0 Å². The Labute approximate surface area is 118 Å². The third-order valence-electron chi connectivity index (χ3n) is 2.61. The molecule has 0 spiro atoms. The Kier molecular flexibility index (Phi) is 5.27. The zero-order valence-corrected chi connectivity index (χ0v) is 12.5. The van der Waals surface area contributed by atoms with Crippen LogP contribution in [-0.4, -0.2) is 38.2 Å². The number of carboxylic acids is 1. The van der Waals surface area contributed by atoms with Gasteiger partial charge in [0, 0.05) is 13.2 Å². The number of benzene rings is 1. The summed E-state index contributed by atoms with van der Waals surface area (Å²) in [5.41, 5.74) is -0.705. The number of hydrogen-bond acceptors (Lipinski definition) is 4. The van der Waals surface area contributed by atoms with Crippen LogP contribution >= 0.6 is 0 Å². The van der Waals surface area contributed by atoms with Crippen molar-refractivity contribution in [2.45, 2.75) is 31.3 Å². The molecule has 0 aliphatic carbocycles. The average Bonchev–Trinajstić information content (AvgIpc) is 2.37. The third kappa shape index (κ3) is 4.59. The highest BCUT2D eigenvalue weighted by molar-refractivity contribution is 7.89. The molecular weight excluding hydrogens is 282 g/mol. The molecule has 0 bridgehead atoms. The molecule has 2 N–H and O–H groups in total. The Morgan fingerprint density at radius 1 is 1.40 bits per heavy atom. The van der Waals surface area contributed by atoms with Gasteiger partial charge in [0.05, 0.1) is 16.1 Å². The molecule has 0 amide bonds. The molecular formula is C13H19NO5S. The predicted octanol–water partition coefficient (Wildman–Crippen LogP) is 1.48. The highest BCUT2D eigenvalue weighted by Gasteiger charge is 2.23. The molecule has 0 fully saturated rings. The van der Waals surface area contributed by atoms with Crippen molar-refractivity contribution in [2.75, 3.05) is 13.2 Å². The van der Waals surface area contributed by atoms with Crippen LogP contribution in [-0.2, 0) is 14.8 Å². The van der Waals surface area contributed by atoms with Crippen LogP contribution < -0.4 is 4.72 Å². The van der Waals surface area contributed by atoms with Crippen LogP contribution in [0.15, 0.2) is 29.2 Å². The van der Waals surface area contributed by atoms with Crippen LogP contribution in [0, 0.1) is 0 Å². The van der Waals surface area contributed by atoms with Crippen molar-refractivity contribution in [1.29, 1.82) is 0 Å². The van der Waals surface area contributed by atoms with Gasteiger partial charge in [0.15, 0.2) is 0 Å². The number of ether oxygens (including phenoxy) is 1. The number of nitrogens with one attached hydrogen (secondary N) is 1. The van der Waals surface area contributed by atoms with E-state index in [4.69, 9.17) is 9.84 Å². The average molecular weight is 301 g/mol. The summed E-state index contributed by atoms with van der Waals surface area (Å²) in [6, 6.07) is 5.21. The van der Waals surface area contributed by atoms with Gasteiger partial charge in [-0.15, -0.1) is 0 Å². The Balaban J connectivity index is 2.89. The number of hydrogen-bond donors (Lipinski definition) is 2. The van der Waals surface area contributed by atoms with Crippen LogP contribution in [0.5, 0.6) is 0 Å². The van der Waals surface area contributed by atoms with Gasteiger partial charge < -0.3 is 9.84 Å². The van der Waals surface area contributed by atoms with E-state index in [1.54, 1.807) is 13.8 Å². The minimum absolute atomic E-state index is 0.0723. The molecule has 0 heterocycles. The minimum atomic E-state index is -3.76. The molecule has 0 radical (unpaired) electrons. The summed E-state index contributed by atoms with van der Waals surface area (Å²) in [6.45, 7) is 5.94. The van der Waals surface area contributed by atoms with E-state index in [1.807, 2.05) is 6.92 Å². The van der Waals surface area contributed by atoms with Gasteiger partial charge in [0.25, 0.3) is 0 Å². The van der Waals surface area contributed by atoms with Gasteiger partial charge in [-0.2, -0.15) is 0 Å². The molecule has 7 heteroatoms. The topological polar surface area (TPSA) is 92.7 Å². The highest BCUT2D eigenvalue weighted by Crippen LogP contribution is 2.13. The van der Waals surface area contributed by atoms with Crippen LogP contribution in [0.1, 0.15) is 31.1 Å². The Hall–Kier alpha value is -1.44. The van der Waals surface area contributed by atoms with Gasteiger partial charge in [0.1, 0.15) is 0 Å². The Morgan fingerprint density at radius 2 is 2.05 bits per heavy atom. The van der Waals surface area contributed by atoms with Crippen LogP contribution in [0.25, 0.3) is 0 Å². The van der Waals surface area contributed by atoms with E-state index in [0.717, 1.165) is 6.07 Å². The van der Waals surface area contributed by atoms with E-state index < -0.39 is 21.6 Å². The SMILES string of the molecule is CCOC(C)(C)CNS(=O)(=O)c1cccc(C(=O)O)c1. The molecule has 1 aromatic rings. The minimum Gasteiger partial charge on any atom is -0.478 e. The van der Waals surface area contributed by atoms with Gasteiger partial charge >= 0.3 is 5.97 Å². The molecule has 0 aromatic heterocycles. The largest absolute Gasteiger partial charge is 0.478 e. The molecule has 0 saturated heterocycles. The number of carboxylic acid groups (broad SMARTS) is 1. The number of aromatic carboxylic acids is 1. The molecule has 0 aliphatic heterocycles. The van der Waals surface area contributed by atoms with Crippen LogP contribution in [0.2, 0.25) is 0 Å². The summed E-state index contributed by atoms with van der Waals surface area (Å²) < 4.78 is 32.0. The molecule has 1 rings (SSSR count). The van der Waals surface area contributed by atoms with E-state index in [-0.39, 0.29) is 17.0 Å². The third-order valence-corrected chi connectivity index (χ3v) is 4.01. The van der Waals surface area contributed by atoms with Gasteiger partial charge in [-0.05, 0) is 39.0 Å². The van der Waals surface area contributed by atoms with E-state index in [9.17, 15) is 13.2 Å². The zero-order valence-electron chi connectivity index (χ0n) is 11.7. The second kappa shape index (κ2) is 6.34. The van der Waals surface area contributed by atoms with Crippen LogP contribution in [0.3, 0.4) is 0 Å². The van der Waals surface area contributed by atoms with Gasteiger partial charge in [-0.1, -0.05) is 6.07 Å². The van der Waals surface area contributed by atoms with Gasteiger partial charge in [-0.25, -0.2) is 17.9 Å². The Morgan fingerprint density at radius 3 is 2.60 bits per heavy atom. The lowest BCUT2D eigenvalue weighted by atomic mass is 10.1. The number of carbonyl (C=O) groups is 1. The van der Waals surface area contributed by atoms with Crippen molar-refractivity contribution in [3.05, 3.63) is 29.8 Å². The lowest BCUT2D eigenvalue weighted by Gasteiger charge is -2.24. The molecule has 0 saturated carbocycles. The van der Waals surface area contributed by atoms with E-state index >= 15 is 0 Å². The normalized spacial score (nSPS) is 12.3. The second-order valence-corrected chi connectivity index (χ2v) is 6.62. The van der Waals surface area contributed by atoms with E-state index in [2.05, 4.69) is 4.72 Å². The van der Waals surface area contributed by atoms with Crippen molar-refractivity contribution < 1.29 is 23.1 Å². The highest BCUT2D eigenvalue weighted by atomic mass is 32.2. The van der Waals surface area contributed by atoms with Crippen molar-refractivity contribution in [1.82, 2.24) is 4.72 Å². The fraction of sp³-hybridized carbons (Fsp3) is 0.462. The van der Waals surface area contributed by atoms with Crippen molar-refractivity contribution in [3.63, 3.8) is 0 Å². The lowest BCUT2D eigenvalue weighted by Crippen LogP contribution is -2.40. The molecule has 0 atom stereocenters. The first-order valence-corrected chi connectivity index (χ1v) is 7.63. The maximum atomic E-state index is 12.1. The quantitative estimate of drug-likeness (QED) is 0.795. The first kappa shape index (κ1) is 16.6. The van der Waals surface area contributed by atoms with Gasteiger partial charge in [-0.3, -0.25) is 0 Å². The predicted molar refractivity (Wildman–Crippen MR) is 74.3 cm³/mol. The van der Waals surface area contributed by atoms with Gasteiger partial charge in [0.2, 0.25) is 10.0 Å². The molecule has 1 aromatic carbocycles. The summed E-state index contributed by atoms with van der Waals surface area (Å²) in [6.07, 6.45) is 0. The standard InChI is InChI=1S/C13H19NO5S/c1-4-19-13(2,3)9-14-20(17,18)11-7-5-6-10(8-11)12(15)16/h5-8,14H,4,9H2,1-3H3,(H,15,16). The lowest BCUT2D eigenvalue weighted by molar-refractivity contribution is -0.00515. The molecule has 112 valence electrons. The molecule has 0 unspecified atom stereocenters. The summed E-state index contributed by atoms with van der Waals surface area (Å²) in [5, 5.41) is 8.87. The van der Waals surface area contributed by atoms with E-state index in [0.29, 0.717) is 6.61 Å². The monoisotopic (exact) mass is 301 g/mol. The fourth-order valence-corrected chi connectivity index (χ4v) is 2.83. The number of rotatable bonds is 7. The zero-order chi connectivity index (χ0) is 15.4. The van der Waals surface area contributed by atoms with Crippen LogP contribution in [0.4, 0.5) is 0 Å². The summed E-state index contributed by atoms with van der Waals surface area (Å²) in [7, 11) is -3.76. The maximum absolute atomic E-state index is 12.1. The summed E-state index contributed by atoms with van der Waals surface area (Å²) >= 11 is 0. The second-order valence-electron chi connectivity index (χ2n) is 4.85. The van der Waals surface area contributed by atoms with Crippen molar-refractivity contribution >= 4 is 16.0 Å². The molecule has 20 heavy (non-hydrogen) atoms. The molecule has 0 aliphatic rings. The summed E-state index contributed by atoms with van der Waals surface area (Å²) in [5.74, 6) is -1.17. The molecule has 6 nitrogen and oxygen atoms in total. The smallest absolute Gasteiger partial charge is 0.335 e. The fourth-order valence-electron chi connectivity index (χ4n) is 1.59. The first-order chi connectivity index (χ1) is 9.18. The number of sulfonamides is 1. The van der Waals surface area contributed by atoms with E-state index in [1.165, 1.54) is 18.2 Å².